The van der Waals surface area contributed by atoms with Crippen molar-refractivity contribution < 1.29 is 9.84 Å². The zero-order valence-electron chi connectivity index (χ0n) is 10.7. The molecule has 0 radical (unpaired) electrons. The summed E-state index contributed by atoms with van der Waals surface area (Å²) in [5.41, 5.74) is 0.986. The van der Waals surface area contributed by atoms with Crippen LogP contribution in [0.5, 0.6) is 5.75 Å². The second kappa shape index (κ2) is 6.43. The highest BCUT2D eigenvalue weighted by molar-refractivity contribution is 9.10. The van der Waals surface area contributed by atoms with Crippen LogP contribution in [0.3, 0.4) is 0 Å². The smallest absolute Gasteiger partial charge is 0.121 e. The second-order valence-corrected chi connectivity index (χ2v) is 5.66. The van der Waals surface area contributed by atoms with E-state index in [-0.39, 0.29) is 12.1 Å². The highest BCUT2D eigenvalue weighted by Gasteiger charge is 2.22. The average molecular weight is 314 g/mol. The van der Waals surface area contributed by atoms with E-state index in [9.17, 15) is 5.11 Å². The first kappa shape index (κ1) is 13.7. The monoisotopic (exact) mass is 313 g/mol. The van der Waals surface area contributed by atoms with Gasteiger partial charge in [-0.3, -0.25) is 0 Å². The summed E-state index contributed by atoms with van der Waals surface area (Å²) in [6.45, 7) is 0. The summed E-state index contributed by atoms with van der Waals surface area (Å²) >= 11 is 3.53. The molecule has 1 aromatic rings. The molecule has 1 fully saturated rings. The van der Waals surface area contributed by atoms with Gasteiger partial charge in [-0.15, -0.1) is 0 Å². The van der Waals surface area contributed by atoms with E-state index in [1.807, 2.05) is 18.2 Å². The van der Waals surface area contributed by atoms with Crippen molar-refractivity contribution in [3.63, 3.8) is 0 Å². The van der Waals surface area contributed by atoms with Crippen molar-refractivity contribution in [3.05, 3.63) is 22.7 Å². The van der Waals surface area contributed by atoms with Gasteiger partial charge < -0.3 is 15.2 Å². The lowest BCUT2D eigenvalue weighted by Gasteiger charge is -2.23. The first-order valence-corrected chi connectivity index (χ1v) is 7.28. The van der Waals surface area contributed by atoms with Gasteiger partial charge in [0, 0.05) is 10.5 Å². The normalized spacial score (nSPS) is 24.4. The third kappa shape index (κ3) is 3.39. The molecule has 0 bridgehead atoms. The molecule has 0 amide bonds. The van der Waals surface area contributed by atoms with E-state index >= 15 is 0 Å². The Morgan fingerprint density at radius 3 is 2.83 bits per heavy atom. The summed E-state index contributed by atoms with van der Waals surface area (Å²) in [7, 11) is 1.66. The number of anilines is 1. The molecule has 2 N–H and O–H groups in total. The molecule has 0 heterocycles. The number of rotatable bonds is 3. The number of hydrogen-bond donors (Lipinski definition) is 2. The van der Waals surface area contributed by atoms with Crippen molar-refractivity contribution in [2.75, 3.05) is 12.4 Å². The number of benzene rings is 1. The van der Waals surface area contributed by atoms with Gasteiger partial charge in [0.1, 0.15) is 5.75 Å². The first-order chi connectivity index (χ1) is 8.70. The zero-order chi connectivity index (χ0) is 13.0. The topological polar surface area (TPSA) is 41.5 Å². The van der Waals surface area contributed by atoms with E-state index in [4.69, 9.17) is 4.74 Å². The number of halogens is 1. The fourth-order valence-corrected chi connectivity index (χ4v) is 2.76. The predicted octanol–water partition coefficient (Wildman–Crippen LogP) is 3.56. The molecule has 0 saturated heterocycles. The molecular formula is C14H20BrNO2. The molecule has 0 aromatic heterocycles. The van der Waals surface area contributed by atoms with Gasteiger partial charge in [-0.1, -0.05) is 19.3 Å². The molecule has 100 valence electrons. The van der Waals surface area contributed by atoms with E-state index in [1.165, 1.54) is 12.8 Å². The number of aliphatic hydroxyl groups is 1. The lowest BCUT2D eigenvalue weighted by molar-refractivity contribution is 0.144. The van der Waals surface area contributed by atoms with Crippen LogP contribution in [0.2, 0.25) is 0 Å². The number of nitrogens with one attached hydrogen (secondary N) is 1. The van der Waals surface area contributed by atoms with Gasteiger partial charge >= 0.3 is 0 Å². The highest BCUT2D eigenvalue weighted by atomic mass is 79.9. The third-order valence-electron chi connectivity index (χ3n) is 3.49. The number of ether oxygens (including phenoxy) is 1. The fraction of sp³-hybridized carbons (Fsp3) is 0.571. The van der Waals surface area contributed by atoms with Crippen LogP contribution in [0.25, 0.3) is 0 Å². The average Bonchev–Trinajstić information content (AvgIpc) is 2.58. The van der Waals surface area contributed by atoms with Crippen LogP contribution in [-0.4, -0.2) is 24.4 Å². The molecule has 1 saturated carbocycles. The van der Waals surface area contributed by atoms with Crippen LogP contribution >= 0.6 is 15.9 Å². The number of hydrogen-bond acceptors (Lipinski definition) is 3. The van der Waals surface area contributed by atoms with E-state index in [0.29, 0.717) is 0 Å². The molecule has 18 heavy (non-hydrogen) atoms. The molecule has 1 aromatic carbocycles. The van der Waals surface area contributed by atoms with Crippen LogP contribution in [0.1, 0.15) is 32.1 Å². The van der Waals surface area contributed by atoms with Crippen molar-refractivity contribution >= 4 is 21.6 Å². The van der Waals surface area contributed by atoms with Gasteiger partial charge in [0.2, 0.25) is 0 Å². The molecule has 1 aliphatic carbocycles. The maximum Gasteiger partial charge on any atom is 0.121 e. The lowest BCUT2D eigenvalue weighted by Crippen LogP contribution is -2.32. The minimum Gasteiger partial charge on any atom is -0.497 e. The molecule has 2 atom stereocenters. The van der Waals surface area contributed by atoms with Crippen LogP contribution in [0.4, 0.5) is 5.69 Å². The Bertz CT molecular complexity index is 397. The van der Waals surface area contributed by atoms with Crippen LogP contribution in [0, 0.1) is 0 Å². The molecule has 0 spiro atoms. The van der Waals surface area contributed by atoms with Gasteiger partial charge in [-0.05, 0) is 40.9 Å². The summed E-state index contributed by atoms with van der Waals surface area (Å²) in [6.07, 6.45) is 5.17. The zero-order valence-corrected chi connectivity index (χ0v) is 12.2. The second-order valence-electron chi connectivity index (χ2n) is 4.80. The van der Waals surface area contributed by atoms with Crippen molar-refractivity contribution in [1.82, 2.24) is 0 Å². The lowest BCUT2D eigenvalue weighted by atomic mass is 10.1. The van der Waals surface area contributed by atoms with Gasteiger partial charge in [0.05, 0.1) is 24.9 Å². The van der Waals surface area contributed by atoms with Crippen LogP contribution in [0.15, 0.2) is 22.7 Å². The number of methoxy groups -OCH3 is 1. The molecule has 0 aliphatic heterocycles. The summed E-state index contributed by atoms with van der Waals surface area (Å²) < 4.78 is 6.23. The van der Waals surface area contributed by atoms with Gasteiger partial charge in [-0.25, -0.2) is 0 Å². The molecule has 3 nitrogen and oxygen atoms in total. The summed E-state index contributed by atoms with van der Waals surface area (Å²) in [4.78, 5) is 0. The van der Waals surface area contributed by atoms with Crippen molar-refractivity contribution in [1.29, 1.82) is 0 Å². The van der Waals surface area contributed by atoms with Crippen LogP contribution in [-0.2, 0) is 0 Å². The quantitative estimate of drug-likeness (QED) is 0.838. The Labute approximate surface area is 117 Å². The van der Waals surface area contributed by atoms with Crippen molar-refractivity contribution in [2.45, 2.75) is 44.2 Å². The maximum atomic E-state index is 10.1. The Kier molecular flexibility index (Phi) is 4.89. The van der Waals surface area contributed by atoms with E-state index < -0.39 is 0 Å². The Balaban J connectivity index is 2.11. The number of aliphatic hydroxyl groups excluding tert-OH is 1. The van der Waals surface area contributed by atoms with E-state index in [1.54, 1.807) is 7.11 Å². The van der Waals surface area contributed by atoms with Gasteiger partial charge in [-0.2, -0.15) is 0 Å². The highest BCUT2D eigenvalue weighted by Crippen LogP contribution is 2.30. The minimum atomic E-state index is -0.259. The molecule has 1 aliphatic rings. The summed E-state index contributed by atoms with van der Waals surface area (Å²) in [5.74, 6) is 0.823. The Hall–Kier alpha value is -0.740. The molecular weight excluding hydrogens is 294 g/mol. The van der Waals surface area contributed by atoms with Crippen LogP contribution < -0.4 is 10.1 Å². The summed E-state index contributed by atoms with van der Waals surface area (Å²) in [5, 5.41) is 13.6. The first-order valence-electron chi connectivity index (χ1n) is 6.49. The van der Waals surface area contributed by atoms with Crippen molar-refractivity contribution in [2.24, 2.45) is 0 Å². The van der Waals surface area contributed by atoms with Crippen molar-refractivity contribution in [3.8, 4) is 5.75 Å². The summed E-state index contributed by atoms with van der Waals surface area (Å²) in [6, 6.07) is 5.97. The standard InChI is InChI=1S/C14H20BrNO2/c1-18-10-7-8-11(15)13(9-10)16-12-5-3-2-4-6-14(12)17/h7-9,12,14,16-17H,2-6H2,1H3. The minimum absolute atomic E-state index is 0.135. The molecule has 2 unspecified atom stereocenters. The maximum absolute atomic E-state index is 10.1. The van der Waals surface area contributed by atoms with E-state index in [2.05, 4.69) is 21.2 Å². The van der Waals surface area contributed by atoms with Gasteiger partial charge in [0.15, 0.2) is 0 Å². The third-order valence-corrected chi connectivity index (χ3v) is 4.19. The fourth-order valence-electron chi connectivity index (χ4n) is 2.40. The van der Waals surface area contributed by atoms with E-state index in [0.717, 1.165) is 35.2 Å². The largest absolute Gasteiger partial charge is 0.497 e. The Morgan fingerprint density at radius 1 is 1.28 bits per heavy atom. The molecule has 2 rings (SSSR count). The molecule has 4 heteroatoms. The predicted molar refractivity (Wildman–Crippen MR) is 77.2 cm³/mol. The van der Waals surface area contributed by atoms with Gasteiger partial charge in [0.25, 0.3) is 0 Å². The SMILES string of the molecule is COc1ccc(Br)c(NC2CCCCCC2O)c1. The Morgan fingerprint density at radius 2 is 2.06 bits per heavy atom.